The molecule has 0 saturated heterocycles. The second kappa shape index (κ2) is 6.61. The van der Waals surface area contributed by atoms with Crippen molar-refractivity contribution in [2.45, 2.75) is 58.9 Å². The van der Waals surface area contributed by atoms with E-state index in [9.17, 15) is 0 Å². The Morgan fingerprint density at radius 3 is 2.62 bits per heavy atom. The van der Waals surface area contributed by atoms with Crippen molar-refractivity contribution in [3.8, 4) is 0 Å². The first-order valence-corrected chi connectivity index (χ1v) is 8.53. The second-order valence-electron chi connectivity index (χ2n) is 6.25. The van der Waals surface area contributed by atoms with Gasteiger partial charge in [0.15, 0.2) is 0 Å². The van der Waals surface area contributed by atoms with Crippen LogP contribution in [0.3, 0.4) is 0 Å². The molecule has 0 aliphatic heterocycles. The number of fused-ring (bicyclic) bond motifs is 2. The van der Waals surface area contributed by atoms with E-state index >= 15 is 0 Å². The summed E-state index contributed by atoms with van der Waals surface area (Å²) in [6.07, 6.45) is 7.64. The van der Waals surface area contributed by atoms with Crippen LogP contribution in [0, 0.1) is 0 Å². The molecule has 1 N–H and O–H groups in total. The van der Waals surface area contributed by atoms with E-state index in [1.54, 1.807) is 0 Å². The number of aryl methyl sites for hydroxylation is 2. The van der Waals surface area contributed by atoms with Crippen LogP contribution in [0.2, 0.25) is 0 Å². The molecule has 3 nitrogen and oxygen atoms in total. The Kier molecular flexibility index (Phi) is 4.59. The van der Waals surface area contributed by atoms with Crippen molar-refractivity contribution < 1.29 is 0 Å². The number of nitrogens with one attached hydrogen (secondary N) is 1. The van der Waals surface area contributed by atoms with E-state index in [0.717, 1.165) is 24.4 Å². The van der Waals surface area contributed by atoms with Crippen molar-refractivity contribution in [1.82, 2.24) is 14.9 Å². The van der Waals surface area contributed by atoms with Crippen molar-refractivity contribution in [2.75, 3.05) is 13.1 Å². The molecule has 1 heterocycles. The van der Waals surface area contributed by atoms with Gasteiger partial charge in [0, 0.05) is 0 Å². The lowest BCUT2D eigenvalue weighted by molar-refractivity contribution is 0.269. The van der Waals surface area contributed by atoms with Crippen LogP contribution in [-0.4, -0.2) is 28.0 Å². The molecule has 0 saturated carbocycles. The normalized spacial score (nSPS) is 14.8. The quantitative estimate of drug-likeness (QED) is 0.868. The summed E-state index contributed by atoms with van der Waals surface area (Å²) in [7, 11) is 0. The van der Waals surface area contributed by atoms with Gasteiger partial charge in [-0.1, -0.05) is 20.3 Å². The van der Waals surface area contributed by atoms with Crippen LogP contribution in [0.25, 0.3) is 11.0 Å². The number of aromatic nitrogens is 2. The Balaban J connectivity index is 1.80. The number of rotatable bonds is 6. The van der Waals surface area contributed by atoms with Gasteiger partial charge in [0.1, 0.15) is 5.82 Å². The largest absolute Gasteiger partial charge is 0.341 e. The fraction of sp³-hybridized carbons (Fsp3) is 0.611. The summed E-state index contributed by atoms with van der Waals surface area (Å²) < 4.78 is 0. The minimum Gasteiger partial charge on any atom is -0.341 e. The Morgan fingerprint density at radius 2 is 1.90 bits per heavy atom. The monoisotopic (exact) mass is 285 g/mol. The third kappa shape index (κ3) is 3.29. The average molecular weight is 285 g/mol. The Hall–Kier alpha value is -1.35. The number of nitrogens with zero attached hydrogens (tertiary/aromatic N) is 2. The summed E-state index contributed by atoms with van der Waals surface area (Å²) >= 11 is 0. The van der Waals surface area contributed by atoms with Gasteiger partial charge in [-0.3, -0.25) is 4.90 Å². The first kappa shape index (κ1) is 14.6. The summed E-state index contributed by atoms with van der Waals surface area (Å²) in [5, 5.41) is 0. The molecular weight excluding hydrogens is 258 g/mol. The smallest absolute Gasteiger partial charge is 0.121 e. The van der Waals surface area contributed by atoms with Crippen LogP contribution in [0.15, 0.2) is 12.1 Å². The van der Waals surface area contributed by atoms with E-state index in [1.807, 2.05) is 0 Å². The first-order valence-electron chi connectivity index (χ1n) is 8.53. The van der Waals surface area contributed by atoms with Crippen LogP contribution in [-0.2, 0) is 19.4 Å². The molecule has 0 atom stereocenters. The molecule has 0 spiro atoms. The van der Waals surface area contributed by atoms with E-state index in [0.29, 0.717) is 0 Å². The highest BCUT2D eigenvalue weighted by atomic mass is 15.1. The van der Waals surface area contributed by atoms with E-state index < -0.39 is 0 Å². The van der Waals surface area contributed by atoms with Gasteiger partial charge in [0.2, 0.25) is 0 Å². The van der Waals surface area contributed by atoms with Gasteiger partial charge in [0.25, 0.3) is 0 Å². The summed E-state index contributed by atoms with van der Waals surface area (Å²) in [4.78, 5) is 10.8. The average Bonchev–Trinajstić information content (AvgIpc) is 2.90. The molecule has 0 radical (unpaired) electrons. The SMILES string of the molecule is CCCCN(CC)Cc1nc2cc3c(cc2[nH]1)CCCC3. The van der Waals surface area contributed by atoms with Gasteiger partial charge < -0.3 is 4.98 Å². The van der Waals surface area contributed by atoms with Crippen LogP contribution < -0.4 is 0 Å². The summed E-state index contributed by atoms with van der Waals surface area (Å²) in [5.74, 6) is 1.12. The molecule has 1 aromatic heterocycles. The standard InChI is InChI=1S/C18H27N3/c1-3-5-10-21(4-2)13-18-19-16-11-14-8-6-7-9-15(14)12-17(16)20-18/h11-12H,3-10,13H2,1-2H3,(H,19,20). The fourth-order valence-electron chi connectivity index (χ4n) is 3.31. The Labute approximate surface area is 127 Å². The van der Waals surface area contributed by atoms with Gasteiger partial charge >= 0.3 is 0 Å². The lowest BCUT2D eigenvalue weighted by Crippen LogP contribution is -2.24. The number of hydrogen-bond donors (Lipinski definition) is 1. The second-order valence-corrected chi connectivity index (χ2v) is 6.25. The topological polar surface area (TPSA) is 31.9 Å². The summed E-state index contributed by atoms with van der Waals surface area (Å²) in [5.41, 5.74) is 5.42. The molecule has 2 aromatic rings. The summed E-state index contributed by atoms with van der Waals surface area (Å²) in [6.45, 7) is 7.68. The number of benzene rings is 1. The maximum absolute atomic E-state index is 4.82. The first-order chi connectivity index (χ1) is 10.3. The van der Waals surface area contributed by atoms with Crippen LogP contribution in [0.5, 0.6) is 0 Å². The van der Waals surface area contributed by atoms with Crippen molar-refractivity contribution >= 4 is 11.0 Å². The van der Waals surface area contributed by atoms with Crippen LogP contribution in [0.1, 0.15) is 56.5 Å². The Morgan fingerprint density at radius 1 is 1.14 bits per heavy atom. The lowest BCUT2D eigenvalue weighted by atomic mass is 9.91. The van der Waals surface area contributed by atoms with Crippen LogP contribution in [0.4, 0.5) is 0 Å². The minimum atomic E-state index is 0.940. The Bertz CT molecular complexity index is 557. The maximum Gasteiger partial charge on any atom is 0.121 e. The molecule has 0 unspecified atom stereocenters. The highest BCUT2D eigenvalue weighted by molar-refractivity contribution is 5.77. The van der Waals surface area contributed by atoms with Crippen molar-refractivity contribution in [3.05, 3.63) is 29.1 Å². The van der Waals surface area contributed by atoms with Crippen molar-refractivity contribution in [3.63, 3.8) is 0 Å². The number of unbranched alkanes of at least 4 members (excludes halogenated alkanes) is 1. The van der Waals surface area contributed by atoms with E-state index in [4.69, 9.17) is 4.98 Å². The molecule has 1 aromatic carbocycles. The summed E-state index contributed by atoms with van der Waals surface area (Å²) in [6, 6.07) is 4.65. The fourth-order valence-corrected chi connectivity index (χ4v) is 3.31. The van der Waals surface area contributed by atoms with Gasteiger partial charge in [-0.2, -0.15) is 0 Å². The molecule has 114 valence electrons. The predicted octanol–water partition coefficient (Wildman–Crippen LogP) is 4.06. The molecule has 0 bridgehead atoms. The predicted molar refractivity (Wildman–Crippen MR) is 88.6 cm³/mol. The van der Waals surface area contributed by atoms with Crippen LogP contribution >= 0.6 is 0 Å². The maximum atomic E-state index is 4.82. The zero-order valence-electron chi connectivity index (χ0n) is 13.4. The highest BCUT2D eigenvalue weighted by Crippen LogP contribution is 2.25. The van der Waals surface area contributed by atoms with E-state index in [-0.39, 0.29) is 0 Å². The van der Waals surface area contributed by atoms with Crippen molar-refractivity contribution in [1.29, 1.82) is 0 Å². The number of imidazole rings is 1. The molecule has 0 amide bonds. The zero-order chi connectivity index (χ0) is 14.7. The van der Waals surface area contributed by atoms with Gasteiger partial charge in [-0.15, -0.1) is 0 Å². The number of H-pyrrole nitrogens is 1. The molecule has 3 rings (SSSR count). The van der Waals surface area contributed by atoms with E-state index in [2.05, 4.69) is 35.9 Å². The number of hydrogen-bond acceptors (Lipinski definition) is 2. The zero-order valence-corrected chi connectivity index (χ0v) is 13.4. The molecule has 3 heteroatoms. The molecular formula is C18H27N3. The van der Waals surface area contributed by atoms with Gasteiger partial charge in [-0.25, -0.2) is 4.98 Å². The molecule has 0 fully saturated rings. The minimum absolute atomic E-state index is 0.940. The number of aromatic amines is 1. The molecule has 21 heavy (non-hydrogen) atoms. The lowest BCUT2D eigenvalue weighted by Gasteiger charge is -2.18. The van der Waals surface area contributed by atoms with Gasteiger partial charge in [-0.05, 0) is 68.5 Å². The van der Waals surface area contributed by atoms with Gasteiger partial charge in [0.05, 0.1) is 17.6 Å². The highest BCUT2D eigenvalue weighted by Gasteiger charge is 2.13. The third-order valence-corrected chi connectivity index (χ3v) is 4.64. The molecule has 1 aliphatic carbocycles. The van der Waals surface area contributed by atoms with Crippen molar-refractivity contribution in [2.24, 2.45) is 0 Å². The molecule has 1 aliphatic rings. The van der Waals surface area contributed by atoms with E-state index in [1.165, 1.54) is 61.7 Å². The third-order valence-electron chi connectivity index (χ3n) is 4.64.